The summed E-state index contributed by atoms with van der Waals surface area (Å²) >= 11 is 0. The lowest BCUT2D eigenvalue weighted by Crippen LogP contribution is -2.31. The minimum Gasteiger partial charge on any atom is -0.507 e. The van der Waals surface area contributed by atoms with Crippen LogP contribution in [-0.2, 0) is 4.79 Å². The number of carboxylic acids is 1. The van der Waals surface area contributed by atoms with Crippen molar-refractivity contribution in [2.75, 3.05) is 5.32 Å². The first kappa shape index (κ1) is 15.0. The molecule has 1 amide bonds. The molecule has 1 atom stereocenters. The van der Waals surface area contributed by atoms with E-state index in [0.717, 1.165) is 0 Å². The summed E-state index contributed by atoms with van der Waals surface area (Å²) in [5.74, 6) is -1.70. The van der Waals surface area contributed by atoms with Crippen LogP contribution < -0.4 is 11.1 Å². The maximum atomic E-state index is 11.7. The first-order valence-corrected chi connectivity index (χ1v) is 5.93. The fourth-order valence-electron chi connectivity index (χ4n) is 1.45. The van der Waals surface area contributed by atoms with Crippen LogP contribution in [-0.4, -0.2) is 28.1 Å². The summed E-state index contributed by atoms with van der Waals surface area (Å²) < 4.78 is 0. The highest BCUT2D eigenvalue weighted by molar-refractivity contribution is 5.94. The van der Waals surface area contributed by atoms with Crippen LogP contribution in [0.5, 0.6) is 5.75 Å². The van der Waals surface area contributed by atoms with E-state index in [2.05, 4.69) is 5.32 Å². The Balaban J connectivity index is 2.70. The van der Waals surface area contributed by atoms with E-state index in [0.29, 0.717) is 5.69 Å². The van der Waals surface area contributed by atoms with E-state index in [-0.39, 0.29) is 29.9 Å². The largest absolute Gasteiger partial charge is 0.507 e. The van der Waals surface area contributed by atoms with Crippen molar-refractivity contribution in [2.45, 2.75) is 26.3 Å². The molecule has 0 heterocycles. The van der Waals surface area contributed by atoms with Gasteiger partial charge in [0, 0.05) is 24.2 Å². The van der Waals surface area contributed by atoms with Crippen molar-refractivity contribution in [1.29, 1.82) is 0 Å². The number of nitrogens with two attached hydrogens (primary N) is 1. The van der Waals surface area contributed by atoms with Gasteiger partial charge >= 0.3 is 5.97 Å². The van der Waals surface area contributed by atoms with Gasteiger partial charge in [-0.3, -0.25) is 4.79 Å². The summed E-state index contributed by atoms with van der Waals surface area (Å²) in [7, 11) is 0. The number of phenols is 1. The molecular weight excluding hydrogens is 248 g/mol. The number of amides is 1. The zero-order valence-corrected chi connectivity index (χ0v) is 10.9. The molecule has 0 aromatic heterocycles. The summed E-state index contributed by atoms with van der Waals surface area (Å²) in [6.07, 6.45) is 0.166. The third kappa shape index (κ3) is 4.26. The van der Waals surface area contributed by atoms with Gasteiger partial charge in [-0.2, -0.15) is 0 Å². The third-order valence-electron chi connectivity index (χ3n) is 2.79. The van der Waals surface area contributed by atoms with Crippen LogP contribution in [0.1, 0.15) is 30.6 Å². The van der Waals surface area contributed by atoms with Gasteiger partial charge in [0.25, 0.3) is 0 Å². The van der Waals surface area contributed by atoms with Crippen LogP contribution in [0.4, 0.5) is 5.69 Å². The fourth-order valence-corrected chi connectivity index (χ4v) is 1.45. The lowest BCUT2D eigenvalue weighted by Gasteiger charge is -2.15. The maximum Gasteiger partial charge on any atom is 0.339 e. The zero-order valence-electron chi connectivity index (χ0n) is 10.9. The first-order chi connectivity index (χ1) is 8.81. The number of benzene rings is 1. The van der Waals surface area contributed by atoms with Crippen LogP contribution in [0.2, 0.25) is 0 Å². The topological polar surface area (TPSA) is 113 Å². The Bertz CT molecular complexity index is 486. The van der Waals surface area contributed by atoms with Gasteiger partial charge in [0.1, 0.15) is 11.3 Å². The molecule has 0 aliphatic carbocycles. The van der Waals surface area contributed by atoms with Gasteiger partial charge in [-0.15, -0.1) is 0 Å². The number of rotatable bonds is 5. The molecule has 0 saturated carbocycles. The Morgan fingerprint density at radius 3 is 2.47 bits per heavy atom. The van der Waals surface area contributed by atoms with Crippen molar-refractivity contribution in [2.24, 2.45) is 11.7 Å². The van der Waals surface area contributed by atoms with Gasteiger partial charge in [-0.05, 0) is 18.1 Å². The minimum absolute atomic E-state index is 0.166. The highest BCUT2D eigenvalue weighted by Crippen LogP contribution is 2.22. The van der Waals surface area contributed by atoms with Gasteiger partial charge in [-0.1, -0.05) is 13.8 Å². The second-order valence-corrected chi connectivity index (χ2v) is 4.70. The standard InChI is InChI=1S/C13H18N2O4/c1-7(2)10(14)6-12(17)15-8-3-4-9(13(18)19)11(16)5-8/h3-5,7,10,16H,6,14H2,1-2H3,(H,15,17)(H,18,19). The molecule has 1 rings (SSSR count). The highest BCUT2D eigenvalue weighted by Gasteiger charge is 2.14. The number of aromatic hydroxyl groups is 1. The summed E-state index contributed by atoms with van der Waals surface area (Å²) in [5.41, 5.74) is 5.90. The predicted molar refractivity (Wildman–Crippen MR) is 71.1 cm³/mol. The van der Waals surface area contributed by atoms with Crippen molar-refractivity contribution in [3.8, 4) is 5.75 Å². The van der Waals surface area contributed by atoms with E-state index in [1.165, 1.54) is 18.2 Å². The lowest BCUT2D eigenvalue weighted by molar-refractivity contribution is -0.116. The number of carboxylic acid groups (broad SMARTS) is 1. The summed E-state index contributed by atoms with van der Waals surface area (Å²) in [6.45, 7) is 3.84. The van der Waals surface area contributed by atoms with Gasteiger partial charge < -0.3 is 21.3 Å². The molecule has 5 N–H and O–H groups in total. The molecule has 0 bridgehead atoms. The van der Waals surface area contributed by atoms with Crippen molar-refractivity contribution in [1.82, 2.24) is 0 Å². The van der Waals surface area contributed by atoms with Crippen LogP contribution >= 0.6 is 0 Å². The summed E-state index contributed by atoms with van der Waals surface area (Å²) in [6, 6.07) is 3.60. The molecule has 6 heteroatoms. The molecule has 0 fully saturated rings. The van der Waals surface area contributed by atoms with E-state index in [1.54, 1.807) is 0 Å². The number of hydrogen-bond donors (Lipinski definition) is 4. The molecule has 1 aromatic rings. The van der Waals surface area contributed by atoms with Gasteiger partial charge in [0.15, 0.2) is 0 Å². The Morgan fingerprint density at radius 1 is 1.37 bits per heavy atom. The molecule has 19 heavy (non-hydrogen) atoms. The van der Waals surface area contributed by atoms with E-state index in [9.17, 15) is 14.7 Å². The summed E-state index contributed by atoms with van der Waals surface area (Å²) in [5, 5.41) is 20.8. The Hall–Kier alpha value is -2.08. The molecule has 0 spiro atoms. The SMILES string of the molecule is CC(C)C(N)CC(=O)Nc1ccc(C(=O)O)c(O)c1. The van der Waals surface area contributed by atoms with Gasteiger partial charge in [0.05, 0.1) is 0 Å². The van der Waals surface area contributed by atoms with Crippen molar-refractivity contribution in [3.05, 3.63) is 23.8 Å². The Kier molecular flexibility index (Phi) is 4.88. The Morgan fingerprint density at radius 2 is 2.00 bits per heavy atom. The molecule has 0 radical (unpaired) electrons. The maximum absolute atomic E-state index is 11.7. The number of carbonyl (C=O) groups is 2. The molecule has 6 nitrogen and oxygen atoms in total. The predicted octanol–water partition coefficient (Wildman–Crippen LogP) is 1.40. The van der Waals surface area contributed by atoms with Crippen LogP contribution in [0.3, 0.4) is 0 Å². The quantitative estimate of drug-likeness (QED) is 0.643. The second-order valence-electron chi connectivity index (χ2n) is 4.70. The van der Waals surface area contributed by atoms with Crippen molar-refractivity contribution >= 4 is 17.6 Å². The van der Waals surface area contributed by atoms with Crippen molar-refractivity contribution in [3.63, 3.8) is 0 Å². The van der Waals surface area contributed by atoms with Crippen molar-refractivity contribution < 1.29 is 19.8 Å². The number of aromatic carboxylic acids is 1. The third-order valence-corrected chi connectivity index (χ3v) is 2.79. The van der Waals surface area contributed by atoms with Crippen LogP contribution in [0.15, 0.2) is 18.2 Å². The van der Waals surface area contributed by atoms with Gasteiger partial charge in [-0.25, -0.2) is 4.79 Å². The van der Waals surface area contributed by atoms with E-state index >= 15 is 0 Å². The Labute approximate surface area is 111 Å². The monoisotopic (exact) mass is 266 g/mol. The van der Waals surface area contributed by atoms with E-state index < -0.39 is 11.7 Å². The van der Waals surface area contributed by atoms with Crippen LogP contribution in [0, 0.1) is 5.92 Å². The molecule has 1 aromatic carbocycles. The molecule has 1 unspecified atom stereocenters. The summed E-state index contributed by atoms with van der Waals surface area (Å²) in [4.78, 5) is 22.4. The van der Waals surface area contributed by atoms with E-state index in [1.807, 2.05) is 13.8 Å². The number of hydrogen-bond acceptors (Lipinski definition) is 4. The highest BCUT2D eigenvalue weighted by atomic mass is 16.4. The second kappa shape index (κ2) is 6.19. The molecule has 0 aliphatic heterocycles. The molecule has 0 aliphatic rings. The van der Waals surface area contributed by atoms with E-state index in [4.69, 9.17) is 10.8 Å². The average molecular weight is 266 g/mol. The minimum atomic E-state index is -1.22. The zero-order chi connectivity index (χ0) is 14.6. The first-order valence-electron chi connectivity index (χ1n) is 5.93. The number of nitrogens with one attached hydrogen (secondary N) is 1. The normalized spacial score (nSPS) is 12.2. The smallest absolute Gasteiger partial charge is 0.339 e. The number of anilines is 1. The molecule has 104 valence electrons. The molecular formula is C13H18N2O4. The average Bonchev–Trinajstić information content (AvgIpc) is 2.27. The van der Waals surface area contributed by atoms with Gasteiger partial charge in [0.2, 0.25) is 5.91 Å². The fraction of sp³-hybridized carbons (Fsp3) is 0.385. The lowest BCUT2D eigenvalue weighted by atomic mass is 10.0. The van der Waals surface area contributed by atoms with Crippen LogP contribution in [0.25, 0.3) is 0 Å². The molecule has 0 saturated heterocycles. The number of carbonyl (C=O) groups excluding carboxylic acids is 1.